The molecule has 2 fully saturated rings. The van der Waals surface area contributed by atoms with Gasteiger partial charge in [-0.2, -0.15) is 0 Å². The van der Waals surface area contributed by atoms with Crippen molar-refractivity contribution in [2.24, 2.45) is 5.92 Å². The highest BCUT2D eigenvalue weighted by molar-refractivity contribution is 6.00. The molecule has 0 aromatic heterocycles. The Labute approximate surface area is 244 Å². The molecule has 228 valence electrons. The van der Waals surface area contributed by atoms with Crippen molar-refractivity contribution in [3.63, 3.8) is 0 Å². The van der Waals surface area contributed by atoms with Gasteiger partial charge in [-0.25, -0.2) is 8.78 Å². The average molecular weight is 588 g/mol. The van der Waals surface area contributed by atoms with E-state index in [0.29, 0.717) is 37.2 Å². The first-order chi connectivity index (χ1) is 20.1. The molecule has 5 atom stereocenters. The van der Waals surface area contributed by atoms with E-state index in [0.717, 1.165) is 31.0 Å². The minimum atomic E-state index is -1.21. The number of likely N-dealkylation sites (tertiary alicyclic amines) is 1. The topological polar surface area (TPSA) is 117 Å². The summed E-state index contributed by atoms with van der Waals surface area (Å²) in [4.78, 5) is 40.9. The molecule has 0 spiro atoms. The molecule has 2 amide bonds. The Bertz CT molecular complexity index is 1270. The van der Waals surface area contributed by atoms with E-state index in [1.165, 1.54) is 13.2 Å². The number of piperidine rings is 1. The van der Waals surface area contributed by atoms with Gasteiger partial charge in [0.05, 0.1) is 37.8 Å². The number of methoxy groups -OCH3 is 2. The van der Waals surface area contributed by atoms with Crippen LogP contribution >= 0.6 is 0 Å². The van der Waals surface area contributed by atoms with Crippen molar-refractivity contribution in [1.82, 2.24) is 15.5 Å². The predicted molar refractivity (Wildman–Crippen MR) is 151 cm³/mol. The van der Waals surface area contributed by atoms with Gasteiger partial charge >= 0.3 is 5.97 Å². The van der Waals surface area contributed by atoms with Crippen LogP contribution in [0.5, 0.6) is 0 Å². The molecule has 2 heterocycles. The molecule has 9 nitrogen and oxygen atoms in total. The number of hydrogen-bond acceptors (Lipinski definition) is 7. The van der Waals surface area contributed by atoms with Gasteiger partial charge in [-0.05, 0) is 87.0 Å². The zero-order valence-corrected chi connectivity index (χ0v) is 24.2. The van der Waals surface area contributed by atoms with Gasteiger partial charge in [0.15, 0.2) is 0 Å². The quantitative estimate of drug-likeness (QED) is 0.366. The smallest absolute Gasteiger partial charge is 0.308 e. The summed E-state index contributed by atoms with van der Waals surface area (Å²) < 4.78 is 38.2. The van der Waals surface area contributed by atoms with Crippen LogP contribution in [0.1, 0.15) is 57.5 Å². The van der Waals surface area contributed by atoms with Gasteiger partial charge in [0, 0.05) is 36.9 Å². The van der Waals surface area contributed by atoms with Crippen molar-refractivity contribution in [2.45, 2.75) is 63.3 Å². The fourth-order valence-electron chi connectivity index (χ4n) is 6.04. The molecule has 2 aliphatic rings. The third kappa shape index (κ3) is 7.70. The second kappa shape index (κ2) is 14.2. The van der Waals surface area contributed by atoms with Crippen molar-refractivity contribution in [1.29, 1.82) is 0 Å². The van der Waals surface area contributed by atoms with Gasteiger partial charge in [-0.15, -0.1) is 0 Å². The number of carbonyl (C=O) groups excluding carboxylic acids is 3. The van der Waals surface area contributed by atoms with Gasteiger partial charge in [0.25, 0.3) is 11.8 Å². The van der Waals surface area contributed by atoms with Crippen molar-refractivity contribution in [3.8, 4) is 0 Å². The maximum absolute atomic E-state index is 14.0. The minimum absolute atomic E-state index is 0.0386. The number of halogens is 2. The number of ether oxygens (including phenoxy) is 2. The van der Waals surface area contributed by atoms with Gasteiger partial charge in [-0.3, -0.25) is 14.4 Å². The number of benzene rings is 2. The summed E-state index contributed by atoms with van der Waals surface area (Å²) in [5, 5.41) is 17.5. The first kappa shape index (κ1) is 31.5. The zero-order valence-electron chi connectivity index (χ0n) is 24.2. The summed E-state index contributed by atoms with van der Waals surface area (Å²) in [5.41, 5.74) is 1.53. The van der Waals surface area contributed by atoms with Gasteiger partial charge < -0.3 is 30.1 Å². The Morgan fingerprint density at radius 2 is 1.79 bits per heavy atom. The van der Waals surface area contributed by atoms with Crippen LogP contribution in [0.2, 0.25) is 0 Å². The molecule has 0 bridgehead atoms. The maximum atomic E-state index is 14.0. The Morgan fingerprint density at radius 3 is 2.48 bits per heavy atom. The van der Waals surface area contributed by atoms with Crippen LogP contribution in [0.4, 0.5) is 8.78 Å². The standard InChI is InChI=1S/C31H39F2N3O6/c1-18-9-21(14-22(10-18)30(39)36-8-4-5-25(36)17-41-2)29(38)35-27(13-19-11-23(32)16-24(33)12-19)28(37)26-15-20(6-7-34-26)31(40)42-3/h9-12,14,16,20,25-28,34,37H,4-8,13,15,17H2,1-3H3,(H,35,38)/t20-,25+,26?,27?,28+/m0/s1. The zero-order chi connectivity index (χ0) is 30.4. The predicted octanol–water partition coefficient (Wildman–Crippen LogP) is 2.77. The number of aryl methyl sites for hydroxylation is 1. The maximum Gasteiger partial charge on any atom is 0.308 e. The van der Waals surface area contributed by atoms with E-state index in [9.17, 15) is 28.3 Å². The van der Waals surface area contributed by atoms with Crippen LogP contribution in [0.25, 0.3) is 0 Å². The van der Waals surface area contributed by atoms with Crippen LogP contribution in [0.15, 0.2) is 36.4 Å². The summed E-state index contributed by atoms with van der Waals surface area (Å²) in [6, 6.07) is 6.33. The van der Waals surface area contributed by atoms with Gasteiger partial charge in [-0.1, -0.05) is 0 Å². The van der Waals surface area contributed by atoms with Crippen LogP contribution < -0.4 is 10.6 Å². The lowest BCUT2D eigenvalue weighted by Crippen LogP contribution is -2.56. The van der Waals surface area contributed by atoms with Crippen LogP contribution in [0, 0.1) is 24.5 Å². The van der Waals surface area contributed by atoms with E-state index in [-0.39, 0.29) is 41.9 Å². The lowest BCUT2D eigenvalue weighted by molar-refractivity contribution is -0.147. The molecule has 0 radical (unpaired) electrons. The van der Waals surface area contributed by atoms with Crippen molar-refractivity contribution >= 4 is 17.8 Å². The molecule has 2 aromatic carbocycles. The highest BCUT2D eigenvalue weighted by Gasteiger charge is 2.36. The van der Waals surface area contributed by atoms with Crippen LogP contribution in [-0.2, 0) is 20.7 Å². The first-order valence-electron chi connectivity index (χ1n) is 14.3. The lowest BCUT2D eigenvalue weighted by Gasteiger charge is -2.36. The molecule has 2 unspecified atom stereocenters. The SMILES string of the molecule is COC[C@H]1CCCN1C(=O)c1cc(C)cc(C(=O)NC(Cc2cc(F)cc(F)c2)[C@H](O)C2C[C@@H](C(=O)OC)CCN2)c1. The van der Waals surface area contributed by atoms with E-state index >= 15 is 0 Å². The monoisotopic (exact) mass is 587 g/mol. The van der Waals surface area contributed by atoms with Crippen molar-refractivity contribution < 1.29 is 37.7 Å². The number of aliphatic hydroxyl groups is 1. The summed E-state index contributed by atoms with van der Waals surface area (Å²) >= 11 is 0. The molecular weight excluding hydrogens is 548 g/mol. The second-order valence-corrected chi connectivity index (χ2v) is 11.2. The molecule has 4 rings (SSSR count). The normalized spacial score (nSPS) is 22.0. The van der Waals surface area contributed by atoms with Gasteiger partial charge in [0.2, 0.25) is 0 Å². The molecule has 42 heavy (non-hydrogen) atoms. The van der Waals surface area contributed by atoms with E-state index in [1.807, 2.05) is 0 Å². The highest BCUT2D eigenvalue weighted by atomic mass is 19.1. The summed E-state index contributed by atoms with van der Waals surface area (Å²) in [6.45, 7) is 3.25. The molecule has 3 N–H and O–H groups in total. The van der Waals surface area contributed by atoms with Gasteiger partial charge in [0.1, 0.15) is 11.6 Å². The Balaban J connectivity index is 1.58. The third-order valence-electron chi connectivity index (χ3n) is 8.07. The number of hydrogen-bond donors (Lipinski definition) is 3. The largest absolute Gasteiger partial charge is 0.469 e. The molecule has 2 aliphatic heterocycles. The van der Waals surface area contributed by atoms with Crippen molar-refractivity contribution in [3.05, 3.63) is 70.3 Å². The molecule has 2 saturated heterocycles. The van der Waals surface area contributed by atoms with E-state index < -0.39 is 41.6 Å². The van der Waals surface area contributed by atoms with Crippen LogP contribution in [0.3, 0.4) is 0 Å². The third-order valence-corrected chi connectivity index (χ3v) is 8.07. The molecule has 0 saturated carbocycles. The van der Waals surface area contributed by atoms with Crippen LogP contribution in [-0.4, -0.2) is 85.9 Å². The highest BCUT2D eigenvalue weighted by Crippen LogP contribution is 2.24. The summed E-state index contributed by atoms with van der Waals surface area (Å²) in [7, 11) is 2.90. The number of esters is 1. The average Bonchev–Trinajstić information content (AvgIpc) is 3.43. The number of amides is 2. The number of nitrogens with zero attached hydrogens (tertiary/aromatic N) is 1. The summed E-state index contributed by atoms with van der Waals surface area (Å²) in [6.07, 6.45) is 1.21. The number of rotatable bonds is 10. The fourth-order valence-corrected chi connectivity index (χ4v) is 6.04. The molecule has 11 heteroatoms. The first-order valence-corrected chi connectivity index (χ1v) is 14.3. The number of nitrogens with one attached hydrogen (secondary N) is 2. The Morgan fingerprint density at radius 1 is 1.07 bits per heavy atom. The van der Waals surface area contributed by atoms with E-state index in [4.69, 9.17) is 9.47 Å². The second-order valence-electron chi connectivity index (χ2n) is 11.2. The van der Waals surface area contributed by atoms with E-state index in [2.05, 4.69) is 10.6 Å². The lowest BCUT2D eigenvalue weighted by atomic mass is 9.86. The molecule has 2 aromatic rings. The number of aliphatic hydroxyl groups excluding tert-OH is 1. The molecular formula is C31H39F2N3O6. The number of carbonyl (C=O) groups is 3. The van der Waals surface area contributed by atoms with Crippen molar-refractivity contribution in [2.75, 3.05) is 33.9 Å². The summed E-state index contributed by atoms with van der Waals surface area (Å²) in [5.74, 6) is -3.12. The Hall–Kier alpha value is -3.41. The molecule has 0 aliphatic carbocycles. The Kier molecular flexibility index (Phi) is 10.6. The fraction of sp³-hybridized carbons (Fsp3) is 0.516. The minimum Gasteiger partial charge on any atom is -0.469 e. The van der Waals surface area contributed by atoms with E-state index in [1.54, 1.807) is 31.1 Å².